The Labute approximate surface area is 79.6 Å². The molecule has 0 bridgehead atoms. The lowest BCUT2D eigenvalue weighted by Gasteiger charge is -2.02. The summed E-state index contributed by atoms with van der Waals surface area (Å²) >= 11 is 0. The third-order valence-electron chi connectivity index (χ3n) is 1.72. The number of hydrogen-bond acceptors (Lipinski definition) is 7. The fourth-order valence-electron chi connectivity index (χ4n) is 1.08. The Morgan fingerprint density at radius 1 is 1.21 bits per heavy atom. The van der Waals surface area contributed by atoms with Gasteiger partial charge in [-0.05, 0) is 0 Å². The molecule has 0 aliphatic carbocycles. The highest BCUT2D eigenvalue weighted by molar-refractivity contribution is 5.85. The van der Waals surface area contributed by atoms with Crippen molar-refractivity contribution in [3.63, 3.8) is 0 Å². The van der Waals surface area contributed by atoms with Crippen LogP contribution in [0.1, 0.15) is 0 Å². The zero-order valence-electron chi connectivity index (χ0n) is 7.52. The van der Waals surface area contributed by atoms with E-state index >= 15 is 0 Å². The molecule has 2 aromatic heterocycles. The molecule has 14 heavy (non-hydrogen) atoms. The van der Waals surface area contributed by atoms with Crippen LogP contribution < -0.4 is 16.8 Å². The highest BCUT2D eigenvalue weighted by Crippen LogP contribution is 2.16. The highest BCUT2D eigenvalue weighted by atomic mass is 15.1. The van der Waals surface area contributed by atoms with Crippen LogP contribution in [0.2, 0.25) is 0 Å². The summed E-state index contributed by atoms with van der Waals surface area (Å²) in [5.41, 5.74) is 11.5. The normalized spacial score (nSPS) is 10.4. The molecule has 2 aromatic rings. The first-order valence-electron chi connectivity index (χ1n) is 3.94. The average Bonchev–Trinajstić information content (AvgIpc) is 2.16. The molecule has 0 unspecified atom stereocenters. The van der Waals surface area contributed by atoms with E-state index in [-0.39, 0.29) is 11.8 Å². The maximum atomic E-state index is 5.62. The van der Waals surface area contributed by atoms with E-state index in [1.54, 1.807) is 13.2 Å². The molecule has 0 spiro atoms. The second kappa shape index (κ2) is 2.95. The Bertz CT molecular complexity index is 481. The van der Waals surface area contributed by atoms with Crippen molar-refractivity contribution in [1.82, 2.24) is 19.9 Å². The van der Waals surface area contributed by atoms with Gasteiger partial charge in [0.1, 0.15) is 5.82 Å². The number of nitrogens with one attached hydrogen (secondary N) is 1. The number of anilines is 3. The topological polar surface area (TPSA) is 116 Å². The third kappa shape index (κ3) is 1.24. The van der Waals surface area contributed by atoms with Crippen LogP contribution in [-0.4, -0.2) is 27.0 Å². The Kier molecular flexibility index (Phi) is 1.77. The average molecular weight is 191 g/mol. The van der Waals surface area contributed by atoms with E-state index in [1.807, 2.05) is 0 Å². The number of fused-ring (bicyclic) bond motifs is 1. The zero-order valence-corrected chi connectivity index (χ0v) is 7.52. The predicted octanol–water partition coefficient (Wildman–Crippen LogP) is -0.374. The van der Waals surface area contributed by atoms with Gasteiger partial charge in [0.05, 0.1) is 5.39 Å². The summed E-state index contributed by atoms with van der Waals surface area (Å²) in [5.74, 6) is 0.862. The molecule has 0 aromatic carbocycles. The van der Waals surface area contributed by atoms with Crippen LogP contribution in [0, 0.1) is 0 Å². The standard InChI is InChI=1S/C7H9N7/c1-10-7-11-2-3-4(8)12-6(9)13-5(3)14-7/h2H,1H3,(H5,8,9,10,11,12,13,14). The molecule has 0 fully saturated rings. The quantitative estimate of drug-likeness (QED) is 0.562. The van der Waals surface area contributed by atoms with E-state index in [4.69, 9.17) is 11.5 Å². The third-order valence-corrected chi connectivity index (χ3v) is 1.72. The number of nitrogen functional groups attached to an aromatic ring is 2. The lowest BCUT2D eigenvalue weighted by Crippen LogP contribution is -2.04. The summed E-state index contributed by atoms with van der Waals surface area (Å²) in [5, 5.41) is 3.39. The molecule has 0 radical (unpaired) electrons. The number of nitrogens with zero attached hydrogens (tertiary/aromatic N) is 4. The van der Waals surface area contributed by atoms with Gasteiger partial charge in [-0.25, -0.2) is 4.98 Å². The van der Waals surface area contributed by atoms with E-state index < -0.39 is 0 Å². The molecule has 0 aliphatic rings. The maximum Gasteiger partial charge on any atom is 0.224 e. The summed E-state index contributed by atoms with van der Waals surface area (Å²) < 4.78 is 0. The lowest BCUT2D eigenvalue weighted by atomic mass is 10.4. The summed E-state index contributed by atoms with van der Waals surface area (Å²) in [6, 6.07) is 0. The zero-order chi connectivity index (χ0) is 10.1. The molecular weight excluding hydrogens is 182 g/mol. The van der Waals surface area contributed by atoms with E-state index in [9.17, 15) is 0 Å². The van der Waals surface area contributed by atoms with Crippen molar-refractivity contribution < 1.29 is 0 Å². The van der Waals surface area contributed by atoms with E-state index in [0.29, 0.717) is 17.0 Å². The van der Waals surface area contributed by atoms with Crippen LogP contribution >= 0.6 is 0 Å². The van der Waals surface area contributed by atoms with Gasteiger partial charge in [-0.1, -0.05) is 0 Å². The number of aromatic nitrogens is 4. The second-order valence-corrected chi connectivity index (χ2v) is 2.65. The molecule has 0 atom stereocenters. The Hall–Kier alpha value is -2.18. The minimum Gasteiger partial charge on any atom is -0.383 e. The monoisotopic (exact) mass is 191 g/mol. The van der Waals surface area contributed by atoms with Gasteiger partial charge in [-0.3, -0.25) is 0 Å². The fourth-order valence-corrected chi connectivity index (χ4v) is 1.08. The second-order valence-electron chi connectivity index (χ2n) is 2.65. The minimum absolute atomic E-state index is 0.107. The van der Waals surface area contributed by atoms with Gasteiger partial charge in [-0.2, -0.15) is 15.0 Å². The summed E-state index contributed by atoms with van der Waals surface area (Å²) in [6.07, 6.45) is 1.56. The highest BCUT2D eigenvalue weighted by Gasteiger charge is 2.05. The fraction of sp³-hybridized carbons (Fsp3) is 0.143. The Morgan fingerprint density at radius 2 is 2.00 bits per heavy atom. The van der Waals surface area contributed by atoms with Crippen molar-refractivity contribution >= 4 is 28.7 Å². The van der Waals surface area contributed by atoms with Crippen LogP contribution in [0.5, 0.6) is 0 Å². The lowest BCUT2D eigenvalue weighted by molar-refractivity contribution is 1.14. The molecule has 2 rings (SSSR count). The summed E-state index contributed by atoms with van der Waals surface area (Å²) in [7, 11) is 1.72. The molecule has 0 saturated heterocycles. The Balaban J connectivity index is 2.75. The van der Waals surface area contributed by atoms with Gasteiger partial charge < -0.3 is 16.8 Å². The van der Waals surface area contributed by atoms with Gasteiger partial charge in [0, 0.05) is 13.2 Å². The molecule has 0 amide bonds. The smallest absolute Gasteiger partial charge is 0.224 e. The molecular formula is C7H9N7. The van der Waals surface area contributed by atoms with Crippen LogP contribution in [0.25, 0.3) is 11.0 Å². The maximum absolute atomic E-state index is 5.62. The van der Waals surface area contributed by atoms with Gasteiger partial charge in [0.15, 0.2) is 5.65 Å². The molecule has 72 valence electrons. The molecule has 7 heteroatoms. The van der Waals surface area contributed by atoms with E-state index in [1.165, 1.54) is 0 Å². The Morgan fingerprint density at radius 3 is 2.71 bits per heavy atom. The SMILES string of the molecule is CNc1ncc2c(N)nc(N)nc2n1. The van der Waals surface area contributed by atoms with Crippen molar-refractivity contribution in [2.45, 2.75) is 0 Å². The van der Waals surface area contributed by atoms with Crippen molar-refractivity contribution in [2.24, 2.45) is 0 Å². The first-order chi connectivity index (χ1) is 6.70. The number of rotatable bonds is 1. The van der Waals surface area contributed by atoms with Crippen molar-refractivity contribution in [1.29, 1.82) is 0 Å². The van der Waals surface area contributed by atoms with Crippen molar-refractivity contribution in [3.8, 4) is 0 Å². The van der Waals surface area contributed by atoms with E-state index in [0.717, 1.165) is 0 Å². The molecule has 0 saturated carbocycles. The van der Waals surface area contributed by atoms with Gasteiger partial charge in [0.25, 0.3) is 0 Å². The van der Waals surface area contributed by atoms with Crippen LogP contribution in [0.15, 0.2) is 6.20 Å². The van der Waals surface area contributed by atoms with Crippen molar-refractivity contribution in [3.05, 3.63) is 6.20 Å². The first kappa shape index (κ1) is 8.42. The summed E-state index contributed by atoms with van der Waals surface area (Å²) in [4.78, 5) is 15.8. The largest absolute Gasteiger partial charge is 0.383 e. The van der Waals surface area contributed by atoms with Crippen LogP contribution in [0.3, 0.4) is 0 Å². The number of nitrogens with two attached hydrogens (primary N) is 2. The minimum atomic E-state index is 0.107. The molecule has 0 aliphatic heterocycles. The predicted molar refractivity (Wildman–Crippen MR) is 53.5 cm³/mol. The summed E-state index contributed by atoms with van der Waals surface area (Å²) in [6.45, 7) is 0. The van der Waals surface area contributed by atoms with Gasteiger partial charge in [0.2, 0.25) is 11.9 Å². The van der Waals surface area contributed by atoms with Crippen LogP contribution in [-0.2, 0) is 0 Å². The van der Waals surface area contributed by atoms with E-state index in [2.05, 4.69) is 25.3 Å². The van der Waals surface area contributed by atoms with Gasteiger partial charge >= 0.3 is 0 Å². The molecule has 5 N–H and O–H groups in total. The van der Waals surface area contributed by atoms with Gasteiger partial charge in [-0.15, -0.1) is 0 Å². The van der Waals surface area contributed by atoms with Crippen LogP contribution in [0.4, 0.5) is 17.7 Å². The first-order valence-corrected chi connectivity index (χ1v) is 3.94. The number of hydrogen-bond donors (Lipinski definition) is 3. The molecule has 2 heterocycles. The van der Waals surface area contributed by atoms with Crippen molar-refractivity contribution in [2.75, 3.05) is 23.8 Å². The molecule has 7 nitrogen and oxygen atoms in total.